The van der Waals surface area contributed by atoms with Gasteiger partial charge >= 0.3 is 11.9 Å². The number of rotatable bonds is 7. The van der Waals surface area contributed by atoms with Gasteiger partial charge in [-0.25, -0.2) is 4.79 Å². The van der Waals surface area contributed by atoms with Gasteiger partial charge in [0.15, 0.2) is 0 Å². The minimum absolute atomic E-state index is 0.345. The van der Waals surface area contributed by atoms with Gasteiger partial charge < -0.3 is 21.7 Å². The quantitative estimate of drug-likeness (QED) is 0.466. The zero-order valence-electron chi connectivity index (χ0n) is 10.8. The average molecular weight is 262 g/mol. The van der Waals surface area contributed by atoms with Crippen LogP contribution >= 0.6 is 0 Å². The molecule has 0 aromatic heterocycles. The first kappa shape index (κ1) is 18.9. The second-order valence-electron chi connectivity index (χ2n) is 3.85. The van der Waals surface area contributed by atoms with E-state index in [1.54, 1.807) is 13.8 Å². The molecule has 7 nitrogen and oxygen atoms in total. The molecule has 18 heavy (non-hydrogen) atoms. The molecule has 0 aromatic rings. The maximum atomic E-state index is 10.5. The molecular formula is C11H22N2O5. The molecule has 0 spiro atoms. The molecule has 7 heteroatoms. The summed E-state index contributed by atoms with van der Waals surface area (Å²) in [5.74, 6) is -3.33. The highest BCUT2D eigenvalue weighted by atomic mass is 16.4. The number of nitrogens with two attached hydrogens (primary N) is 2. The van der Waals surface area contributed by atoms with Crippen molar-refractivity contribution in [2.24, 2.45) is 17.4 Å². The van der Waals surface area contributed by atoms with Crippen molar-refractivity contribution < 1.29 is 24.6 Å². The lowest BCUT2D eigenvalue weighted by molar-refractivity contribution is -0.150. The van der Waals surface area contributed by atoms with Crippen molar-refractivity contribution in [1.82, 2.24) is 0 Å². The van der Waals surface area contributed by atoms with E-state index >= 15 is 0 Å². The largest absolute Gasteiger partial charge is 0.480 e. The molecule has 106 valence electrons. The first-order chi connectivity index (χ1) is 8.27. The second-order valence-corrected chi connectivity index (χ2v) is 3.85. The van der Waals surface area contributed by atoms with Crippen LogP contribution in [0.25, 0.3) is 0 Å². The maximum absolute atomic E-state index is 10.5. The molecule has 0 amide bonds. The van der Waals surface area contributed by atoms with E-state index in [4.69, 9.17) is 21.7 Å². The summed E-state index contributed by atoms with van der Waals surface area (Å²) in [5.41, 5.74) is 10.3. The molecule has 0 aliphatic rings. The van der Waals surface area contributed by atoms with Crippen molar-refractivity contribution in [2.45, 2.75) is 39.2 Å². The van der Waals surface area contributed by atoms with Crippen LogP contribution in [0.1, 0.15) is 33.1 Å². The zero-order chi connectivity index (χ0) is 14.7. The Morgan fingerprint density at radius 3 is 1.94 bits per heavy atom. The molecule has 0 aliphatic carbocycles. The predicted octanol–water partition coefficient (Wildman–Crippen LogP) is -0.177. The standard InChI is InChI=1S/C6H10O3.C5H12N2O2/c1-3-4(2)5(7)6(8)9;6-3-1-2-4(7)5(8)9/h4H,3H2,1-2H3,(H,8,9);4H,1-3,6-7H2,(H,8,9). The summed E-state index contributed by atoms with van der Waals surface area (Å²) in [5, 5.41) is 16.4. The summed E-state index contributed by atoms with van der Waals surface area (Å²) < 4.78 is 0. The SMILES string of the molecule is CCC(C)C(=O)C(=O)O.NCCCC(N)C(=O)O. The van der Waals surface area contributed by atoms with Gasteiger partial charge in [0.05, 0.1) is 0 Å². The lowest BCUT2D eigenvalue weighted by atomic mass is 10.0. The van der Waals surface area contributed by atoms with Crippen molar-refractivity contribution in [3.8, 4) is 0 Å². The number of aliphatic carboxylic acids is 2. The molecule has 0 aliphatic heterocycles. The number of carbonyl (C=O) groups excluding carboxylic acids is 1. The van der Waals surface area contributed by atoms with Gasteiger partial charge in [0.25, 0.3) is 0 Å². The molecule has 6 N–H and O–H groups in total. The first-order valence-electron chi connectivity index (χ1n) is 5.73. The van der Waals surface area contributed by atoms with Gasteiger partial charge in [-0.3, -0.25) is 9.59 Å². The van der Waals surface area contributed by atoms with Crippen LogP contribution in [0.4, 0.5) is 0 Å². The van der Waals surface area contributed by atoms with E-state index in [-0.39, 0.29) is 5.92 Å². The van der Waals surface area contributed by atoms with Crippen LogP contribution in [0.2, 0.25) is 0 Å². The average Bonchev–Trinajstić information content (AvgIpc) is 2.34. The fourth-order valence-corrected chi connectivity index (χ4v) is 0.857. The van der Waals surface area contributed by atoms with E-state index in [0.717, 1.165) is 0 Å². The summed E-state index contributed by atoms with van der Waals surface area (Å²) >= 11 is 0. The maximum Gasteiger partial charge on any atom is 0.372 e. The van der Waals surface area contributed by atoms with Crippen LogP contribution in [0.15, 0.2) is 0 Å². The minimum Gasteiger partial charge on any atom is -0.480 e. The third kappa shape index (κ3) is 9.73. The van der Waals surface area contributed by atoms with E-state index in [2.05, 4.69) is 0 Å². The molecule has 0 aromatic carbocycles. The first-order valence-corrected chi connectivity index (χ1v) is 5.73. The molecule has 0 radical (unpaired) electrons. The monoisotopic (exact) mass is 262 g/mol. The smallest absolute Gasteiger partial charge is 0.372 e. The summed E-state index contributed by atoms with van der Waals surface area (Å²) in [7, 11) is 0. The van der Waals surface area contributed by atoms with Crippen molar-refractivity contribution in [1.29, 1.82) is 0 Å². The van der Waals surface area contributed by atoms with Gasteiger partial charge in [-0.2, -0.15) is 0 Å². The van der Waals surface area contributed by atoms with Gasteiger partial charge in [-0.05, 0) is 25.8 Å². The van der Waals surface area contributed by atoms with E-state index in [1.807, 2.05) is 0 Å². The minimum atomic E-state index is -1.33. The van der Waals surface area contributed by atoms with Crippen molar-refractivity contribution in [3.05, 3.63) is 0 Å². The Labute approximate surface area is 106 Å². The fourth-order valence-electron chi connectivity index (χ4n) is 0.857. The highest BCUT2D eigenvalue weighted by Gasteiger charge is 2.17. The molecule has 2 atom stereocenters. The molecule has 0 saturated carbocycles. The van der Waals surface area contributed by atoms with Crippen molar-refractivity contribution >= 4 is 17.7 Å². The van der Waals surface area contributed by atoms with Gasteiger partial charge in [0.2, 0.25) is 5.78 Å². The normalized spacial score (nSPS) is 12.9. The molecular weight excluding hydrogens is 240 g/mol. The number of hydrogen-bond acceptors (Lipinski definition) is 5. The van der Waals surface area contributed by atoms with Crippen LogP contribution < -0.4 is 11.5 Å². The summed E-state index contributed by atoms with van der Waals surface area (Å²) in [6.07, 6.45) is 1.73. The number of ketones is 1. The summed E-state index contributed by atoms with van der Waals surface area (Å²) in [4.78, 5) is 30.5. The Balaban J connectivity index is 0. The van der Waals surface area contributed by atoms with Gasteiger partial charge in [0, 0.05) is 5.92 Å². The van der Waals surface area contributed by atoms with Gasteiger partial charge in [-0.15, -0.1) is 0 Å². The third-order valence-electron chi connectivity index (χ3n) is 2.31. The highest BCUT2D eigenvalue weighted by molar-refractivity contribution is 6.33. The van der Waals surface area contributed by atoms with Crippen molar-refractivity contribution in [3.63, 3.8) is 0 Å². The Morgan fingerprint density at radius 1 is 1.22 bits per heavy atom. The summed E-state index contributed by atoms with van der Waals surface area (Å²) in [6, 6.07) is -0.742. The Kier molecular flexibility index (Phi) is 11.2. The lowest BCUT2D eigenvalue weighted by Gasteiger charge is -2.02. The molecule has 0 heterocycles. The fraction of sp³-hybridized carbons (Fsp3) is 0.727. The van der Waals surface area contributed by atoms with Crippen LogP contribution in [0, 0.1) is 5.92 Å². The number of hydrogen-bond donors (Lipinski definition) is 4. The topological polar surface area (TPSA) is 144 Å². The van der Waals surface area contributed by atoms with Gasteiger partial charge in [-0.1, -0.05) is 13.8 Å². The van der Waals surface area contributed by atoms with Crippen LogP contribution in [-0.4, -0.2) is 40.5 Å². The van der Waals surface area contributed by atoms with Crippen LogP contribution in [-0.2, 0) is 14.4 Å². The van der Waals surface area contributed by atoms with Gasteiger partial charge in [0.1, 0.15) is 6.04 Å². The Bertz CT molecular complexity index is 281. The van der Waals surface area contributed by atoms with Crippen LogP contribution in [0.5, 0.6) is 0 Å². The zero-order valence-corrected chi connectivity index (χ0v) is 10.8. The van der Waals surface area contributed by atoms with Crippen LogP contribution in [0.3, 0.4) is 0 Å². The van der Waals surface area contributed by atoms with E-state index in [9.17, 15) is 14.4 Å². The third-order valence-corrected chi connectivity index (χ3v) is 2.31. The number of carbonyl (C=O) groups is 3. The Hall–Kier alpha value is -1.47. The second kappa shape index (κ2) is 10.7. The molecule has 0 fully saturated rings. The number of Topliss-reactive ketones (excluding diaryl/α,β-unsaturated/α-hetero) is 1. The number of carboxylic acid groups (broad SMARTS) is 2. The van der Waals surface area contributed by atoms with E-state index in [1.165, 1.54) is 0 Å². The highest BCUT2D eigenvalue weighted by Crippen LogP contribution is 2.00. The molecule has 0 bridgehead atoms. The molecule has 0 rings (SSSR count). The van der Waals surface area contributed by atoms with E-state index < -0.39 is 23.8 Å². The summed E-state index contributed by atoms with van der Waals surface area (Å²) in [6.45, 7) is 3.89. The lowest BCUT2D eigenvalue weighted by Crippen LogP contribution is -2.30. The van der Waals surface area contributed by atoms with Crippen molar-refractivity contribution in [2.75, 3.05) is 6.54 Å². The number of carboxylic acids is 2. The molecule has 0 saturated heterocycles. The van der Waals surface area contributed by atoms with E-state index in [0.29, 0.717) is 25.8 Å². The Morgan fingerprint density at radius 2 is 1.72 bits per heavy atom. The predicted molar refractivity (Wildman–Crippen MR) is 66.0 cm³/mol. The molecule has 2 unspecified atom stereocenters.